The normalized spacial score (nSPS) is 17.9. The van der Waals surface area contributed by atoms with Crippen molar-refractivity contribution in [3.05, 3.63) is 58.2 Å². The van der Waals surface area contributed by atoms with Gasteiger partial charge in [0.2, 0.25) is 5.91 Å². The molecule has 2 aliphatic rings. The van der Waals surface area contributed by atoms with Crippen molar-refractivity contribution in [2.75, 3.05) is 51.7 Å². The van der Waals surface area contributed by atoms with Crippen LogP contribution < -0.4 is 10.2 Å². The summed E-state index contributed by atoms with van der Waals surface area (Å²) in [6.07, 6.45) is 6.84. The molecule has 1 amide bonds. The van der Waals surface area contributed by atoms with Crippen LogP contribution in [0, 0.1) is 18.3 Å². The highest BCUT2D eigenvalue weighted by atomic mass is 32.1. The first-order chi connectivity index (χ1) is 19.2. The summed E-state index contributed by atoms with van der Waals surface area (Å²) in [5.74, 6) is 1.78. The molecule has 1 saturated heterocycles. The number of nitrogens with zero attached hydrogens (tertiary/aromatic N) is 7. The molecule has 0 saturated carbocycles. The van der Waals surface area contributed by atoms with E-state index in [-0.39, 0.29) is 12.3 Å². The molecule has 1 aliphatic carbocycles. The number of imidazole rings is 1. The van der Waals surface area contributed by atoms with Gasteiger partial charge in [0.25, 0.3) is 0 Å². The van der Waals surface area contributed by atoms with E-state index in [4.69, 9.17) is 9.97 Å². The zero-order valence-corrected chi connectivity index (χ0v) is 24.7. The van der Waals surface area contributed by atoms with Crippen LogP contribution in [0.3, 0.4) is 0 Å². The van der Waals surface area contributed by atoms with E-state index in [9.17, 15) is 14.4 Å². The minimum atomic E-state index is -1.14. The lowest BCUT2D eigenvalue weighted by Gasteiger charge is -2.35. The predicted octanol–water partition coefficient (Wildman–Crippen LogP) is 3.98. The number of hydrogen-bond donors (Lipinski definition) is 1. The number of nitriles is 1. The zero-order chi connectivity index (χ0) is 29.0. The summed E-state index contributed by atoms with van der Waals surface area (Å²) in [4.78, 5) is 28.8. The van der Waals surface area contributed by atoms with E-state index in [1.54, 1.807) is 13.1 Å². The molecule has 2 aromatic rings. The highest BCUT2D eigenvalue weighted by Crippen LogP contribution is 2.38. The number of nitrogens with one attached hydrogen (secondary N) is 1. The van der Waals surface area contributed by atoms with Crippen LogP contribution in [-0.2, 0) is 18.3 Å². The van der Waals surface area contributed by atoms with E-state index >= 15 is 0 Å². The summed E-state index contributed by atoms with van der Waals surface area (Å²) < 4.78 is 15.9. The molecule has 1 aliphatic heterocycles. The van der Waals surface area contributed by atoms with Gasteiger partial charge in [-0.1, -0.05) is 19.6 Å². The third-order valence-electron chi connectivity index (χ3n) is 7.33. The number of carbonyl (C=O) groups is 1. The van der Waals surface area contributed by atoms with Gasteiger partial charge in [0.1, 0.15) is 17.8 Å². The van der Waals surface area contributed by atoms with Crippen molar-refractivity contribution < 1.29 is 9.18 Å². The molecule has 1 atom stereocenters. The predicted molar refractivity (Wildman–Crippen MR) is 159 cm³/mol. The molecule has 0 radical (unpaired) electrons. The number of thiazole rings is 1. The Morgan fingerprint density at radius 2 is 2.08 bits per heavy atom. The molecule has 1 unspecified atom stereocenters. The number of rotatable bonds is 9. The average molecular weight is 565 g/mol. The van der Waals surface area contributed by atoms with E-state index in [0.29, 0.717) is 17.7 Å². The van der Waals surface area contributed by atoms with Crippen LogP contribution in [0.15, 0.2) is 36.1 Å². The minimum Gasteiger partial charge on any atom is -0.369 e. The Hall–Kier alpha value is -3.75. The second-order valence-electron chi connectivity index (χ2n) is 9.96. The number of alkyl halides is 1. The summed E-state index contributed by atoms with van der Waals surface area (Å²) in [5, 5.41) is 13.0. The molecule has 3 heterocycles. The summed E-state index contributed by atoms with van der Waals surface area (Å²) in [5.41, 5.74) is 3.70. The highest BCUT2D eigenvalue weighted by Gasteiger charge is 2.24. The van der Waals surface area contributed by atoms with Crippen molar-refractivity contribution in [1.29, 1.82) is 5.26 Å². The lowest BCUT2D eigenvalue weighted by molar-refractivity contribution is -0.122. The van der Waals surface area contributed by atoms with Crippen molar-refractivity contribution in [1.82, 2.24) is 29.7 Å². The Labute approximate surface area is 239 Å². The maximum atomic E-state index is 13.8. The van der Waals surface area contributed by atoms with Crippen molar-refractivity contribution in [3.63, 3.8) is 0 Å². The minimum absolute atomic E-state index is 0.0309. The molecular weight excluding hydrogens is 527 g/mol. The topological polar surface area (TPSA) is 93.3 Å². The van der Waals surface area contributed by atoms with Crippen LogP contribution in [-0.4, -0.2) is 83.2 Å². The van der Waals surface area contributed by atoms with Gasteiger partial charge >= 0.3 is 0 Å². The van der Waals surface area contributed by atoms with Crippen LogP contribution in [0.2, 0.25) is 0 Å². The fourth-order valence-electron chi connectivity index (χ4n) is 4.99. The Morgan fingerprint density at radius 3 is 2.73 bits per heavy atom. The van der Waals surface area contributed by atoms with Crippen LogP contribution in [0.25, 0.3) is 11.6 Å². The Bertz CT molecular complexity index is 1400. The van der Waals surface area contributed by atoms with Crippen LogP contribution in [0.1, 0.15) is 35.4 Å². The molecule has 0 spiro atoms. The molecule has 1 N–H and O–H groups in total. The van der Waals surface area contributed by atoms with Gasteiger partial charge < -0.3 is 19.7 Å². The van der Waals surface area contributed by atoms with Gasteiger partial charge in [-0.25, -0.2) is 14.4 Å². The number of piperazine rings is 1. The molecule has 0 aromatic carbocycles. The summed E-state index contributed by atoms with van der Waals surface area (Å²) in [6.45, 7) is 12.0. The molecule has 11 heteroatoms. The van der Waals surface area contributed by atoms with Crippen molar-refractivity contribution in [2.24, 2.45) is 7.05 Å². The molecule has 2 aromatic heterocycles. The third kappa shape index (κ3) is 6.18. The van der Waals surface area contributed by atoms with Gasteiger partial charge in [0.05, 0.1) is 24.0 Å². The number of aryl methyl sites for hydroxylation is 2. The quantitative estimate of drug-likeness (QED) is 0.461. The van der Waals surface area contributed by atoms with E-state index in [1.807, 2.05) is 38.1 Å². The van der Waals surface area contributed by atoms with Gasteiger partial charge in [-0.15, -0.1) is 11.3 Å². The Morgan fingerprint density at radius 1 is 1.35 bits per heavy atom. The fraction of sp³-hybridized carbons (Fsp3) is 0.448. The summed E-state index contributed by atoms with van der Waals surface area (Å²) >= 11 is 1.54. The molecule has 0 bridgehead atoms. The van der Waals surface area contributed by atoms with Gasteiger partial charge in [-0.3, -0.25) is 9.69 Å². The van der Waals surface area contributed by atoms with Crippen molar-refractivity contribution >= 4 is 39.8 Å². The van der Waals surface area contributed by atoms with Gasteiger partial charge in [-0.05, 0) is 31.6 Å². The SMILES string of the molecule is C=C(/C=C\c1nc(CC)c(N(C)c2nc(C3=C(C#N)CC(F)C=C3)c(C)s2)n1C)N1CCN(CC(=O)NC)CC1. The zero-order valence-electron chi connectivity index (χ0n) is 23.9. The van der Waals surface area contributed by atoms with Gasteiger partial charge in [-0.2, -0.15) is 5.26 Å². The molecule has 212 valence electrons. The molecular formula is C29H37FN8OS. The molecule has 9 nitrogen and oxygen atoms in total. The number of halogens is 1. The lowest BCUT2D eigenvalue weighted by atomic mass is 9.95. The van der Waals surface area contributed by atoms with Gasteiger partial charge in [0, 0.05) is 75.5 Å². The molecule has 1 fully saturated rings. The van der Waals surface area contributed by atoms with E-state index in [0.717, 1.165) is 71.3 Å². The number of anilines is 2. The second kappa shape index (κ2) is 12.6. The number of likely N-dealkylation sites (N-methyl/N-ethyl adjacent to an activating group) is 1. The molecule has 40 heavy (non-hydrogen) atoms. The van der Waals surface area contributed by atoms with E-state index < -0.39 is 6.17 Å². The number of allylic oxidation sites excluding steroid dienone is 5. The van der Waals surface area contributed by atoms with Gasteiger partial charge in [0.15, 0.2) is 5.13 Å². The number of amides is 1. The average Bonchev–Trinajstić information content (AvgIpc) is 3.50. The smallest absolute Gasteiger partial charge is 0.233 e. The first kappa shape index (κ1) is 29.2. The first-order valence-corrected chi connectivity index (χ1v) is 14.3. The summed E-state index contributed by atoms with van der Waals surface area (Å²) in [6, 6.07) is 2.16. The van der Waals surface area contributed by atoms with Crippen molar-refractivity contribution in [3.8, 4) is 6.07 Å². The van der Waals surface area contributed by atoms with Crippen LogP contribution in [0.4, 0.5) is 15.3 Å². The maximum Gasteiger partial charge on any atom is 0.233 e. The van der Waals surface area contributed by atoms with Crippen LogP contribution >= 0.6 is 11.3 Å². The number of hydrogen-bond acceptors (Lipinski definition) is 8. The second-order valence-corrected chi connectivity index (χ2v) is 11.1. The molecule has 4 rings (SSSR count). The third-order valence-corrected chi connectivity index (χ3v) is 8.38. The largest absolute Gasteiger partial charge is 0.369 e. The monoisotopic (exact) mass is 564 g/mol. The van der Waals surface area contributed by atoms with Crippen molar-refractivity contribution in [2.45, 2.75) is 32.9 Å². The number of carbonyl (C=O) groups excluding carboxylic acids is 1. The standard InChI is InChI=1S/C29H37FN8OS/c1-7-24-28(36(6)29-34-27(20(3)40-29)23-10-9-22(30)16-21(23)17-31)35(5)25(33-24)11-8-19(2)38-14-12-37(13-15-38)18-26(39)32-4/h8-11,22H,2,7,12-16,18H2,1,3-6H3,(H,32,39)/b11-8-. The highest BCUT2D eigenvalue weighted by molar-refractivity contribution is 7.15. The van der Waals surface area contributed by atoms with E-state index in [1.165, 1.54) is 17.4 Å². The Kier molecular flexibility index (Phi) is 9.22. The number of aromatic nitrogens is 3. The van der Waals surface area contributed by atoms with Crippen LogP contribution in [0.5, 0.6) is 0 Å². The fourth-order valence-corrected chi connectivity index (χ4v) is 5.88. The Balaban J connectivity index is 1.51. The first-order valence-electron chi connectivity index (χ1n) is 13.4. The lowest BCUT2D eigenvalue weighted by Crippen LogP contribution is -2.48. The summed E-state index contributed by atoms with van der Waals surface area (Å²) in [7, 11) is 5.62. The maximum absolute atomic E-state index is 13.8. The van der Waals surface area contributed by atoms with E-state index in [2.05, 4.69) is 39.3 Å².